The summed E-state index contributed by atoms with van der Waals surface area (Å²) in [5.74, 6) is 1.38. The number of guanidine groups is 1. The van der Waals surface area contributed by atoms with Gasteiger partial charge in [0.15, 0.2) is 5.96 Å². The van der Waals surface area contributed by atoms with E-state index in [1.165, 1.54) is 49.9 Å². The molecule has 2 aliphatic heterocycles. The molecule has 0 bridgehead atoms. The summed E-state index contributed by atoms with van der Waals surface area (Å²) in [7, 11) is 1.85. The van der Waals surface area contributed by atoms with Gasteiger partial charge in [0.25, 0.3) is 0 Å². The Kier molecular flexibility index (Phi) is 7.96. The Labute approximate surface area is 164 Å². The molecule has 3 rings (SSSR count). The molecule has 2 unspecified atom stereocenters. The minimum absolute atomic E-state index is 0.179. The SMILES string of the molecule is CN=C(NCCN1CCCCC1)NCC1CCCOC1c1ccc(C)cc1. The van der Waals surface area contributed by atoms with Crippen LogP contribution in [0.2, 0.25) is 0 Å². The van der Waals surface area contributed by atoms with Crippen molar-refractivity contribution in [3.63, 3.8) is 0 Å². The summed E-state index contributed by atoms with van der Waals surface area (Å²) < 4.78 is 6.14. The molecule has 0 aromatic heterocycles. The highest BCUT2D eigenvalue weighted by molar-refractivity contribution is 5.79. The number of piperidine rings is 1. The fourth-order valence-electron chi connectivity index (χ4n) is 4.14. The number of hydrogen-bond donors (Lipinski definition) is 2. The highest BCUT2D eigenvalue weighted by Crippen LogP contribution is 2.33. The maximum Gasteiger partial charge on any atom is 0.191 e. The number of nitrogens with zero attached hydrogens (tertiary/aromatic N) is 2. The van der Waals surface area contributed by atoms with Gasteiger partial charge in [-0.2, -0.15) is 0 Å². The molecule has 2 aliphatic rings. The molecule has 0 saturated carbocycles. The minimum Gasteiger partial charge on any atom is -0.373 e. The van der Waals surface area contributed by atoms with Gasteiger partial charge in [0, 0.05) is 39.2 Å². The van der Waals surface area contributed by atoms with Crippen LogP contribution in [0, 0.1) is 12.8 Å². The summed E-state index contributed by atoms with van der Waals surface area (Å²) in [6.07, 6.45) is 6.58. The van der Waals surface area contributed by atoms with Crippen LogP contribution in [-0.4, -0.2) is 57.2 Å². The van der Waals surface area contributed by atoms with Gasteiger partial charge in [-0.05, 0) is 51.3 Å². The van der Waals surface area contributed by atoms with E-state index in [0.717, 1.165) is 38.6 Å². The molecule has 2 atom stereocenters. The quantitative estimate of drug-likeness (QED) is 0.595. The van der Waals surface area contributed by atoms with E-state index in [1.807, 2.05) is 7.05 Å². The molecule has 5 heteroatoms. The number of likely N-dealkylation sites (tertiary alicyclic amines) is 1. The normalized spacial score (nSPS) is 24.6. The fourth-order valence-corrected chi connectivity index (χ4v) is 4.14. The van der Waals surface area contributed by atoms with Gasteiger partial charge in [-0.3, -0.25) is 4.99 Å². The second-order valence-electron chi connectivity index (χ2n) is 7.89. The molecule has 27 heavy (non-hydrogen) atoms. The van der Waals surface area contributed by atoms with Crippen LogP contribution in [0.5, 0.6) is 0 Å². The number of nitrogens with one attached hydrogen (secondary N) is 2. The maximum absolute atomic E-state index is 6.14. The van der Waals surface area contributed by atoms with Crippen LogP contribution in [0.3, 0.4) is 0 Å². The van der Waals surface area contributed by atoms with Gasteiger partial charge in [0.2, 0.25) is 0 Å². The molecule has 2 saturated heterocycles. The monoisotopic (exact) mass is 372 g/mol. The van der Waals surface area contributed by atoms with E-state index in [9.17, 15) is 0 Å². The van der Waals surface area contributed by atoms with E-state index < -0.39 is 0 Å². The van der Waals surface area contributed by atoms with E-state index >= 15 is 0 Å². The molecule has 150 valence electrons. The third-order valence-electron chi connectivity index (χ3n) is 5.78. The second-order valence-corrected chi connectivity index (χ2v) is 7.89. The summed E-state index contributed by atoms with van der Waals surface area (Å²) in [6, 6.07) is 8.78. The number of benzene rings is 1. The van der Waals surface area contributed by atoms with Gasteiger partial charge in [-0.1, -0.05) is 36.2 Å². The van der Waals surface area contributed by atoms with Crippen LogP contribution in [0.25, 0.3) is 0 Å². The first-order valence-electron chi connectivity index (χ1n) is 10.6. The first-order valence-corrected chi connectivity index (χ1v) is 10.6. The van der Waals surface area contributed by atoms with Gasteiger partial charge >= 0.3 is 0 Å². The van der Waals surface area contributed by atoms with E-state index in [0.29, 0.717) is 5.92 Å². The van der Waals surface area contributed by atoms with Crippen molar-refractivity contribution in [3.05, 3.63) is 35.4 Å². The Morgan fingerprint density at radius 1 is 1.11 bits per heavy atom. The zero-order valence-electron chi connectivity index (χ0n) is 17.0. The maximum atomic E-state index is 6.14. The number of aliphatic imine (C=N–C) groups is 1. The van der Waals surface area contributed by atoms with Crippen molar-refractivity contribution in [1.29, 1.82) is 0 Å². The lowest BCUT2D eigenvalue weighted by atomic mass is 9.89. The van der Waals surface area contributed by atoms with Gasteiger partial charge in [0.1, 0.15) is 0 Å². The first-order chi connectivity index (χ1) is 13.3. The number of aryl methyl sites for hydroxylation is 1. The van der Waals surface area contributed by atoms with Gasteiger partial charge in [-0.25, -0.2) is 0 Å². The molecule has 0 radical (unpaired) electrons. The lowest BCUT2D eigenvalue weighted by Crippen LogP contribution is -2.45. The highest BCUT2D eigenvalue weighted by atomic mass is 16.5. The predicted molar refractivity (Wildman–Crippen MR) is 112 cm³/mol. The van der Waals surface area contributed by atoms with Crippen molar-refractivity contribution in [2.24, 2.45) is 10.9 Å². The zero-order valence-corrected chi connectivity index (χ0v) is 17.0. The Morgan fingerprint density at radius 2 is 1.89 bits per heavy atom. The molecule has 1 aromatic carbocycles. The zero-order chi connectivity index (χ0) is 18.9. The number of rotatable bonds is 6. The third-order valence-corrected chi connectivity index (χ3v) is 5.78. The number of ether oxygens (including phenoxy) is 1. The first kappa shape index (κ1) is 20.2. The van der Waals surface area contributed by atoms with Crippen molar-refractivity contribution in [3.8, 4) is 0 Å². The lowest BCUT2D eigenvalue weighted by Gasteiger charge is -2.33. The van der Waals surface area contributed by atoms with Gasteiger partial charge < -0.3 is 20.3 Å². The summed E-state index contributed by atoms with van der Waals surface area (Å²) in [5, 5.41) is 7.00. The van der Waals surface area contributed by atoms with Crippen LogP contribution in [-0.2, 0) is 4.74 Å². The molecule has 0 amide bonds. The molecule has 1 aromatic rings. The Morgan fingerprint density at radius 3 is 2.63 bits per heavy atom. The molecule has 2 fully saturated rings. The Hall–Kier alpha value is -1.59. The molecule has 2 N–H and O–H groups in total. The summed E-state index contributed by atoms with van der Waals surface area (Å²) in [5.41, 5.74) is 2.59. The third kappa shape index (κ3) is 6.22. The standard InChI is InChI=1S/C22H36N4O/c1-18-8-10-19(11-9-18)21-20(7-6-16-27-21)17-25-22(23-2)24-12-15-26-13-4-3-5-14-26/h8-11,20-21H,3-7,12-17H2,1-2H3,(H2,23,24,25). The van der Waals surface area contributed by atoms with Crippen LogP contribution in [0.15, 0.2) is 29.3 Å². The van der Waals surface area contributed by atoms with Crippen molar-refractivity contribution >= 4 is 5.96 Å². The van der Waals surface area contributed by atoms with Crippen LogP contribution >= 0.6 is 0 Å². The molecule has 0 aliphatic carbocycles. The number of hydrogen-bond acceptors (Lipinski definition) is 3. The largest absolute Gasteiger partial charge is 0.373 e. The van der Waals surface area contributed by atoms with E-state index in [4.69, 9.17) is 4.74 Å². The van der Waals surface area contributed by atoms with Crippen molar-refractivity contribution in [2.45, 2.75) is 45.1 Å². The van der Waals surface area contributed by atoms with Gasteiger partial charge in [-0.15, -0.1) is 0 Å². The molecular weight excluding hydrogens is 336 g/mol. The fraction of sp³-hybridized carbons (Fsp3) is 0.682. The van der Waals surface area contributed by atoms with Crippen molar-refractivity contribution in [2.75, 3.05) is 46.4 Å². The average molecular weight is 373 g/mol. The van der Waals surface area contributed by atoms with Crippen molar-refractivity contribution in [1.82, 2.24) is 15.5 Å². The summed E-state index contributed by atoms with van der Waals surface area (Å²) in [4.78, 5) is 6.95. The van der Waals surface area contributed by atoms with Gasteiger partial charge in [0.05, 0.1) is 6.10 Å². The topological polar surface area (TPSA) is 48.9 Å². The minimum atomic E-state index is 0.179. The van der Waals surface area contributed by atoms with E-state index in [1.54, 1.807) is 0 Å². The highest BCUT2D eigenvalue weighted by Gasteiger charge is 2.27. The average Bonchev–Trinajstić information content (AvgIpc) is 2.72. The Bertz CT molecular complexity index is 580. The molecule has 2 heterocycles. The summed E-state index contributed by atoms with van der Waals surface area (Å²) >= 11 is 0. The van der Waals surface area contributed by atoms with Crippen LogP contribution < -0.4 is 10.6 Å². The van der Waals surface area contributed by atoms with E-state index in [-0.39, 0.29) is 6.10 Å². The predicted octanol–water partition coefficient (Wildman–Crippen LogP) is 3.11. The smallest absolute Gasteiger partial charge is 0.191 e. The van der Waals surface area contributed by atoms with Crippen molar-refractivity contribution < 1.29 is 4.74 Å². The summed E-state index contributed by atoms with van der Waals surface area (Å²) in [6.45, 7) is 8.40. The molecular formula is C22H36N4O. The lowest BCUT2D eigenvalue weighted by molar-refractivity contribution is -0.0265. The van der Waals surface area contributed by atoms with Crippen LogP contribution in [0.4, 0.5) is 0 Å². The Balaban J connectivity index is 1.46. The molecule has 0 spiro atoms. The molecule has 5 nitrogen and oxygen atoms in total. The second kappa shape index (κ2) is 10.7. The van der Waals surface area contributed by atoms with Crippen LogP contribution in [0.1, 0.15) is 49.3 Å². The van der Waals surface area contributed by atoms with E-state index in [2.05, 4.69) is 51.7 Å².